The Morgan fingerprint density at radius 2 is 2.18 bits per heavy atom. The number of hydrogen-bond donors (Lipinski definition) is 2. The summed E-state index contributed by atoms with van der Waals surface area (Å²) in [7, 11) is 1.65. The first-order valence-corrected chi connectivity index (χ1v) is 6.24. The van der Waals surface area contributed by atoms with Crippen molar-refractivity contribution in [2.24, 2.45) is 0 Å². The van der Waals surface area contributed by atoms with E-state index >= 15 is 0 Å². The van der Waals surface area contributed by atoms with Crippen LogP contribution in [0.15, 0.2) is 6.07 Å². The highest BCUT2D eigenvalue weighted by atomic mass is 35.5. The Hall–Kier alpha value is -0.900. The summed E-state index contributed by atoms with van der Waals surface area (Å²) in [6.45, 7) is 1.82. The summed E-state index contributed by atoms with van der Waals surface area (Å²) in [5.41, 5.74) is 3.34. The number of aromatic amines is 1. The zero-order valence-corrected chi connectivity index (χ0v) is 10.9. The molecular formula is C12H12Cl2N2O. The molecule has 0 bridgehead atoms. The average molecular weight is 271 g/mol. The second-order valence-corrected chi connectivity index (χ2v) is 4.92. The molecule has 5 heteroatoms. The lowest BCUT2D eigenvalue weighted by Crippen LogP contribution is -2.22. The number of H-pyrrole nitrogens is 1. The average Bonchev–Trinajstić information content (AvgIpc) is 2.73. The van der Waals surface area contributed by atoms with E-state index in [-0.39, 0.29) is 0 Å². The predicted molar refractivity (Wildman–Crippen MR) is 70.3 cm³/mol. The van der Waals surface area contributed by atoms with Gasteiger partial charge in [0.25, 0.3) is 0 Å². The molecule has 3 rings (SSSR count). The van der Waals surface area contributed by atoms with Gasteiger partial charge in [0.15, 0.2) is 0 Å². The summed E-state index contributed by atoms with van der Waals surface area (Å²) in [6, 6.07) is 1.77. The lowest BCUT2D eigenvalue weighted by Gasteiger charge is -2.13. The number of hydrogen-bond acceptors (Lipinski definition) is 2. The van der Waals surface area contributed by atoms with E-state index in [0.717, 1.165) is 36.2 Å². The fraction of sp³-hybridized carbons (Fsp3) is 0.333. The molecule has 90 valence electrons. The van der Waals surface area contributed by atoms with Crippen LogP contribution in [0.3, 0.4) is 0 Å². The standard InChI is InChI=1S/C12H12Cl2N2O/c1-17-9-4-7(13)11(14)12-10(9)6-5-15-3-2-8(6)16-12/h4,15-16H,2-3,5H2,1H3. The predicted octanol–water partition coefficient (Wildman–Crippen LogP) is 3.13. The maximum absolute atomic E-state index is 6.24. The maximum Gasteiger partial charge on any atom is 0.130 e. The third kappa shape index (κ3) is 1.61. The van der Waals surface area contributed by atoms with Crippen molar-refractivity contribution in [2.45, 2.75) is 13.0 Å². The molecule has 2 heterocycles. The molecule has 0 fully saturated rings. The van der Waals surface area contributed by atoms with E-state index in [1.807, 2.05) is 0 Å². The number of aromatic nitrogens is 1. The molecule has 0 radical (unpaired) electrons. The fourth-order valence-corrected chi connectivity index (χ4v) is 2.78. The highest BCUT2D eigenvalue weighted by molar-refractivity contribution is 6.45. The SMILES string of the molecule is COc1cc(Cl)c(Cl)c2[nH]c3c(c12)CNCC3. The van der Waals surface area contributed by atoms with Crippen LogP contribution in [0.2, 0.25) is 10.0 Å². The van der Waals surface area contributed by atoms with Crippen molar-refractivity contribution in [3.8, 4) is 5.75 Å². The molecule has 0 saturated heterocycles. The van der Waals surface area contributed by atoms with Crippen molar-refractivity contribution in [3.63, 3.8) is 0 Å². The van der Waals surface area contributed by atoms with Gasteiger partial charge < -0.3 is 15.0 Å². The molecule has 0 unspecified atom stereocenters. The van der Waals surface area contributed by atoms with Gasteiger partial charge in [0, 0.05) is 36.7 Å². The Bertz CT molecular complexity index is 592. The number of benzene rings is 1. The summed E-state index contributed by atoms with van der Waals surface area (Å²) in [5.74, 6) is 0.774. The molecule has 1 aliphatic heterocycles. The third-order valence-corrected chi connectivity index (χ3v) is 3.99. The Labute approximate surface area is 109 Å². The molecule has 1 aromatic heterocycles. The molecule has 0 atom stereocenters. The molecule has 0 aliphatic carbocycles. The van der Waals surface area contributed by atoms with Crippen molar-refractivity contribution >= 4 is 34.1 Å². The minimum atomic E-state index is 0.516. The van der Waals surface area contributed by atoms with Gasteiger partial charge in [-0.3, -0.25) is 0 Å². The molecule has 0 saturated carbocycles. The van der Waals surface area contributed by atoms with Crippen LogP contribution >= 0.6 is 23.2 Å². The summed E-state index contributed by atoms with van der Waals surface area (Å²) < 4.78 is 5.40. The van der Waals surface area contributed by atoms with Crippen molar-refractivity contribution < 1.29 is 4.74 Å². The molecule has 0 spiro atoms. The number of rotatable bonds is 1. The molecule has 2 aromatic rings. The first-order chi connectivity index (χ1) is 8.22. The van der Waals surface area contributed by atoms with Crippen LogP contribution < -0.4 is 10.1 Å². The van der Waals surface area contributed by atoms with Gasteiger partial charge in [0.05, 0.1) is 22.7 Å². The van der Waals surface area contributed by atoms with Gasteiger partial charge in [-0.1, -0.05) is 23.2 Å². The van der Waals surface area contributed by atoms with Crippen LogP contribution in [0.5, 0.6) is 5.75 Å². The van der Waals surface area contributed by atoms with E-state index in [9.17, 15) is 0 Å². The molecule has 1 aliphatic rings. The first kappa shape index (κ1) is 11.2. The quantitative estimate of drug-likeness (QED) is 0.836. The number of ether oxygens (including phenoxy) is 1. The van der Waals surface area contributed by atoms with Gasteiger partial charge in [-0.25, -0.2) is 0 Å². The Kier molecular flexibility index (Phi) is 2.69. The Morgan fingerprint density at radius 3 is 2.94 bits per heavy atom. The van der Waals surface area contributed by atoms with E-state index in [1.54, 1.807) is 13.2 Å². The number of methoxy groups -OCH3 is 1. The molecule has 0 amide bonds. The second kappa shape index (κ2) is 4.09. The van der Waals surface area contributed by atoms with Gasteiger partial charge in [-0.15, -0.1) is 0 Å². The van der Waals surface area contributed by atoms with Crippen LogP contribution in [0, 0.1) is 0 Å². The van der Waals surface area contributed by atoms with Crippen molar-refractivity contribution in [3.05, 3.63) is 27.4 Å². The Balaban J connectivity index is 2.40. The van der Waals surface area contributed by atoms with Crippen LogP contribution in [0.1, 0.15) is 11.3 Å². The third-order valence-electron chi connectivity index (χ3n) is 3.20. The van der Waals surface area contributed by atoms with Gasteiger partial charge in [-0.05, 0) is 5.56 Å². The smallest absolute Gasteiger partial charge is 0.130 e. The zero-order chi connectivity index (χ0) is 12.0. The molecule has 2 N–H and O–H groups in total. The monoisotopic (exact) mass is 270 g/mol. The number of nitrogens with one attached hydrogen (secondary N) is 2. The molecule has 3 nitrogen and oxygen atoms in total. The van der Waals surface area contributed by atoms with E-state index in [0.29, 0.717) is 10.0 Å². The first-order valence-electron chi connectivity index (χ1n) is 5.48. The van der Waals surface area contributed by atoms with Crippen molar-refractivity contribution in [1.29, 1.82) is 0 Å². The minimum absolute atomic E-state index is 0.516. The lowest BCUT2D eigenvalue weighted by molar-refractivity contribution is 0.419. The molecular weight excluding hydrogens is 259 g/mol. The van der Waals surface area contributed by atoms with E-state index in [2.05, 4.69) is 10.3 Å². The van der Waals surface area contributed by atoms with Crippen LogP contribution in [0.25, 0.3) is 10.9 Å². The van der Waals surface area contributed by atoms with Crippen LogP contribution in [-0.2, 0) is 13.0 Å². The number of fused-ring (bicyclic) bond motifs is 3. The number of halogens is 2. The van der Waals surface area contributed by atoms with Gasteiger partial charge >= 0.3 is 0 Å². The summed E-state index contributed by atoms with van der Waals surface area (Å²) >= 11 is 12.3. The zero-order valence-electron chi connectivity index (χ0n) is 9.36. The molecule has 1 aromatic carbocycles. The highest BCUT2D eigenvalue weighted by Gasteiger charge is 2.21. The van der Waals surface area contributed by atoms with Gasteiger partial charge in [0.1, 0.15) is 5.75 Å². The fourth-order valence-electron chi connectivity index (χ4n) is 2.39. The highest BCUT2D eigenvalue weighted by Crippen LogP contribution is 2.40. The normalized spacial score (nSPS) is 15.0. The lowest BCUT2D eigenvalue weighted by atomic mass is 10.1. The summed E-state index contributed by atoms with van der Waals surface area (Å²) in [4.78, 5) is 3.36. The van der Waals surface area contributed by atoms with Gasteiger partial charge in [-0.2, -0.15) is 0 Å². The summed E-state index contributed by atoms with van der Waals surface area (Å²) in [6.07, 6.45) is 0.973. The van der Waals surface area contributed by atoms with E-state index in [1.165, 1.54) is 11.3 Å². The summed E-state index contributed by atoms with van der Waals surface area (Å²) in [5, 5.41) is 5.48. The van der Waals surface area contributed by atoms with Crippen molar-refractivity contribution in [1.82, 2.24) is 10.3 Å². The van der Waals surface area contributed by atoms with E-state index < -0.39 is 0 Å². The van der Waals surface area contributed by atoms with Crippen LogP contribution in [0.4, 0.5) is 0 Å². The van der Waals surface area contributed by atoms with Crippen LogP contribution in [-0.4, -0.2) is 18.6 Å². The largest absolute Gasteiger partial charge is 0.496 e. The maximum atomic E-state index is 6.24. The Morgan fingerprint density at radius 1 is 1.35 bits per heavy atom. The second-order valence-electron chi connectivity index (χ2n) is 4.13. The van der Waals surface area contributed by atoms with Crippen molar-refractivity contribution in [2.75, 3.05) is 13.7 Å². The topological polar surface area (TPSA) is 37.0 Å². The van der Waals surface area contributed by atoms with E-state index in [4.69, 9.17) is 27.9 Å². The van der Waals surface area contributed by atoms with Gasteiger partial charge in [0.2, 0.25) is 0 Å². The molecule has 17 heavy (non-hydrogen) atoms. The minimum Gasteiger partial charge on any atom is -0.496 e.